The Morgan fingerprint density at radius 2 is 1.76 bits per heavy atom. The van der Waals surface area contributed by atoms with Crippen LogP contribution in [0.2, 0.25) is 0 Å². The molecule has 1 aliphatic heterocycles. The monoisotopic (exact) mass is 490 g/mol. The lowest BCUT2D eigenvalue weighted by molar-refractivity contribution is -0.121. The van der Waals surface area contributed by atoms with Crippen LogP contribution >= 0.6 is 0 Å². The second-order valence-electron chi connectivity index (χ2n) is 8.76. The number of carbonyl (C=O) groups is 1. The van der Waals surface area contributed by atoms with Crippen molar-refractivity contribution >= 4 is 21.6 Å². The van der Waals surface area contributed by atoms with Crippen LogP contribution in [0.3, 0.4) is 0 Å². The minimum atomic E-state index is -3.68. The molecule has 7 nitrogen and oxygen atoms in total. The Kier molecular flexibility index (Phi) is 9.44. The number of nitrogens with one attached hydrogen (secondary N) is 1. The smallest absolute Gasteiger partial charge is 0.242 e. The zero-order chi connectivity index (χ0) is 24.6. The molecule has 0 aromatic heterocycles. The molecule has 1 fully saturated rings. The summed E-state index contributed by atoms with van der Waals surface area (Å²) in [5.41, 5.74) is 2.56. The van der Waals surface area contributed by atoms with E-state index in [0.717, 1.165) is 51.3 Å². The molecule has 0 aliphatic carbocycles. The molecular formula is C25H35FN4O3S. The maximum atomic E-state index is 13.0. The first-order chi connectivity index (χ1) is 16.3. The number of piperazine rings is 1. The van der Waals surface area contributed by atoms with Crippen molar-refractivity contribution in [2.75, 3.05) is 57.8 Å². The van der Waals surface area contributed by atoms with Crippen molar-refractivity contribution in [2.24, 2.45) is 0 Å². The average Bonchev–Trinajstić information content (AvgIpc) is 2.82. The van der Waals surface area contributed by atoms with Gasteiger partial charge in [0, 0.05) is 58.4 Å². The van der Waals surface area contributed by atoms with Gasteiger partial charge in [-0.1, -0.05) is 12.1 Å². The zero-order valence-electron chi connectivity index (χ0n) is 20.0. The van der Waals surface area contributed by atoms with Gasteiger partial charge in [0.05, 0.1) is 4.90 Å². The van der Waals surface area contributed by atoms with E-state index in [2.05, 4.69) is 46.3 Å². The molecule has 0 atom stereocenters. The van der Waals surface area contributed by atoms with Gasteiger partial charge >= 0.3 is 0 Å². The van der Waals surface area contributed by atoms with Gasteiger partial charge < -0.3 is 10.2 Å². The van der Waals surface area contributed by atoms with Gasteiger partial charge in [0.25, 0.3) is 0 Å². The summed E-state index contributed by atoms with van der Waals surface area (Å²) < 4.78 is 39.2. The number of aryl methyl sites for hydroxylation is 1. The van der Waals surface area contributed by atoms with Crippen LogP contribution in [0.5, 0.6) is 0 Å². The molecule has 1 amide bonds. The molecule has 0 spiro atoms. The normalized spacial score (nSPS) is 15.0. The molecule has 2 aromatic rings. The first kappa shape index (κ1) is 26.1. The van der Waals surface area contributed by atoms with E-state index in [4.69, 9.17) is 0 Å². The first-order valence-corrected chi connectivity index (χ1v) is 13.2. The largest absolute Gasteiger partial charge is 0.369 e. The summed E-state index contributed by atoms with van der Waals surface area (Å²) in [6.07, 6.45) is 1.57. The number of halogens is 1. The Morgan fingerprint density at radius 3 is 2.44 bits per heavy atom. The molecule has 3 rings (SSSR count). The van der Waals surface area contributed by atoms with E-state index in [9.17, 15) is 17.6 Å². The lowest BCUT2D eigenvalue weighted by atomic mass is 10.2. The summed E-state index contributed by atoms with van der Waals surface area (Å²) in [6, 6.07) is 13.3. The Bertz CT molecular complexity index is 1040. The van der Waals surface area contributed by atoms with E-state index in [0.29, 0.717) is 13.0 Å². The highest BCUT2D eigenvalue weighted by atomic mass is 32.2. The van der Waals surface area contributed by atoms with E-state index in [1.807, 2.05) is 0 Å². The van der Waals surface area contributed by atoms with Crippen LogP contribution in [0.1, 0.15) is 24.8 Å². The van der Waals surface area contributed by atoms with Crippen LogP contribution in [0.4, 0.5) is 10.1 Å². The predicted molar refractivity (Wildman–Crippen MR) is 133 cm³/mol. The van der Waals surface area contributed by atoms with E-state index >= 15 is 0 Å². The maximum Gasteiger partial charge on any atom is 0.242 e. The van der Waals surface area contributed by atoms with Crippen molar-refractivity contribution in [3.63, 3.8) is 0 Å². The lowest BCUT2D eigenvalue weighted by Crippen LogP contribution is -2.47. The summed E-state index contributed by atoms with van der Waals surface area (Å²) >= 11 is 0. The fourth-order valence-corrected chi connectivity index (χ4v) is 5.25. The first-order valence-electron chi connectivity index (χ1n) is 11.8. The highest BCUT2D eigenvalue weighted by Crippen LogP contribution is 2.18. The summed E-state index contributed by atoms with van der Waals surface area (Å²) in [6.45, 7) is 7.92. The van der Waals surface area contributed by atoms with Crippen LogP contribution in [-0.2, 0) is 14.8 Å². The van der Waals surface area contributed by atoms with Gasteiger partial charge in [-0.25, -0.2) is 17.1 Å². The highest BCUT2D eigenvalue weighted by Gasteiger charge is 2.21. The minimum Gasteiger partial charge on any atom is -0.369 e. The van der Waals surface area contributed by atoms with Crippen LogP contribution in [0, 0.1) is 12.7 Å². The molecule has 1 saturated heterocycles. The van der Waals surface area contributed by atoms with Crippen LogP contribution < -0.4 is 10.2 Å². The number of hydrogen-bond donors (Lipinski definition) is 1. The molecule has 1 heterocycles. The van der Waals surface area contributed by atoms with E-state index in [-0.39, 0.29) is 23.8 Å². The molecule has 9 heteroatoms. The van der Waals surface area contributed by atoms with Crippen molar-refractivity contribution in [2.45, 2.75) is 31.1 Å². The molecule has 2 aromatic carbocycles. The van der Waals surface area contributed by atoms with E-state index in [1.165, 1.54) is 34.7 Å². The standard InChI is InChI=1S/C25H35FN4O3S/c1-21-6-3-7-23(20-21)30-18-16-29(17-19-30)15-5-13-27-25(31)8-4-14-28(2)34(32,33)24-11-9-22(26)10-12-24/h3,6-7,9-12,20H,4-5,8,13-19H2,1-2H3,(H,27,31). The number of rotatable bonds is 11. The molecule has 1 N–H and O–H groups in total. The Balaban J connectivity index is 1.28. The topological polar surface area (TPSA) is 73.0 Å². The number of carbonyl (C=O) groups excluding carboxylic acids is 1. The van der Waals surface area contributed by atoms with Gasteiger partial charge in [-0.3, -0.25) is 9.69 Å². The number of amides is 1. The average molecular weight is 491 g/mol. The third-order valence-electron chi connectivity index (χ3n) is 6.11. The van der Waals surface area contributed by atoms with Crippen molar-refractivity contribution < 1.29 is 17.6 Å². The van der Waals surface area contributed by atoms with E-state index in [1.54, 1.807) is 0 Å². The molecular weight excluding hydrogens is 455 g/mol. The summed E-state index contributed by atoms with van der Waals surface area (Å²) in [5.74, 6) is -0.556. The zero-order valence-corrected chi connectivity index (χ0v) is 20.9. The third kappa shape index (κ3) is 7.51. The second-order valence-corrected chi connectivity index (χ2v) is 10.8. The number of anilines is 1. The summed E-state index contributed by atoms with van der Waals surface area (Å²) in [4.78, 5) is 17.0. The second kappa shape index (κ2) is 12.3. The van der Waals surface area contributed by atoms with Gasteiger partial charge in [0.1, 0.15) is 5.82 Å². The SMILES string of the molecule is Cc1cccc(N2CCN(CCCNC(=O)CCCN(C)S(=O)(=O)c3ccc(F)cc3)CC2)c1. The third-order valence-corrected chi connectivity index (χ3v) is 7.98. The summed E-state index contributed by atoms with van der Waals surface area (Å²) in [5, 5.41) is 2.93. The predicted octanol–water partition coefficient (Wildman–Crippen LogP) is 2.86. The molecule has 186 valence electrons. The van der Waals surface area contributed by atoms with Gasteiger partial charge in [-0.15, -0.1) is 0 Å². The van der Waals surface area contributed by atoms with Crippen molar-refractivity contribution in [3.8, 4) is 0 Å². The minimum absolute atomic E-state index is 0.0422. The fourth-order valence-electron chi connectivity index (χ4n) is 4.04. The van der Waals surface area contributed by atoms with Gasteiger partial charge in [0.2, 0.25) is 15.9 Å². The highest BCUT2D eigenvalue weighted by molar-refractivity contribution is 7.89. The molecule has 0 bridgehead atoms. The number of sulfonamides is 1. The quantitative estimate of drug-likeness (QED) is 0.491. The van der Waals surface area contributed by atoms with Crippen molar-refractivity contribution in [1.29, 1.82) is 0 Å². The Morgan fingerprint density at radius 1 is 1.06 bits per heavy atom. The molecule has 1 aliphatic rings. The summed E-state index contributed by atoms with van der Waals surface area (Å²) in [7, 11) is -2.22. The molecule has 0 radical (unpaired) electrons. The number of benzene rings is 2. The number of nitrogens with zero attached hydrogens (tertiary/aromatic N) is 3. The lowest BCUT2D eigenvalue weighted by Gasteiger charge is -2.36. The van der Waals surface area contributed by atoms with Crippen molar-refractivity contribution in [3.05, 3.63) is 59.9 Å². The molecule has 34 heavy (non-hydrogen) atoms. The number of hydrogen-bond acceptors (Lipinski definition) is 5. The van der Waals surface area contributed by atoms with Gasteiger partial charge in [-0.2, -0.15) is 0 Å². The van der Waals surface area contributed by atoms with Crippen molar-refractivity contribution in [1.82, 2.24) is 14.5 Å². The van der Waals surface area contributed by atoms with Crippen LogP contribution in [0.25, 0.3) is 0 Å². The fraction of sp³-hybridized carbons (Fsp3) is 0.480. The Labute approximate surface area is 202 Å². The van der Waals surface area contributed by atoms with Crippen LogP contribution in [-0.4, -0.2) is 76.4 Å². The van der Waals surface area contributed by atoms with E-state index < -0.39 is 15.8 Å². The maximum absolute atomic E-state index is 13.0. The Hall–Kier alpha value is -2.49. The van der Waals surface area contributed by atoms with Crippen LogP contribution in [0.15, 0.2) is 53.4 Å². The van der Waals surface area contributed by atoms with Gasteiger partial charge in [-0.05, 0) is 68.3 Å². The molecule has 0 unspecified atom stereocenters. The molecule has 0 saturated carbocycles. The van der Waals surface area contributed by atoms with Gasteiger partial charge in [0.15, 0.2) is 0 Å².